The number of benzene rings is 1. The quantitative estimate of drug-likeness (QED) is 0.615. The molecule has 0 aliphatic heterocycles. The molecule has 2 heterocycles. The minimum Gasteiger partial charge on any atom is -0.335 e. The molecule has 2 aromatic heterocycles. The number of nitrogens with zero attached hydrogens (tertiary/aromatic N) is 1. The molecule has 6 heteroatoms. The van der Waals surface area contributed by atoms with E-state index in [0.29, 0.717) is 15.6 Å². The van der Waals surface area contributed by atoms with Crippen LogP contribution in [0.2, 0.25) is 0 Å². The molecule has 3 aromatic rings. The Balaban J connectivity index is 2.40. The van der Waals surface area contributed by atoms with E-state index in [1.165, 1.54) is 5.38 Å². The smallest absolute Gasteiger partial charge is 0.335 e. The maximum atomic E-state index is 12.6. The molecule has 2 nitrogen and oxygen atoms in total. The molecule has 1 aromatic carbocycles. The van der Waals surface area contributed by atoms with Crippen LogP contribution in [0.4, 0.5) is 13.2 Å². The lowest BCUT2D eigenvalue weighted by atomic mass is 10.1. The number of aryl methyl sites for hydroxylation is 1. The maximum Gasteiger partial charge on any atom is 0.454 e. The molecule has 0 amide bonds. The number of aromatic nitrogens is 1. The molecule has 0 bridgehead atoms. The lowest BCUT2D eigenvalue weighted by Crippen LogP contribution is -2.22. The number of rotatable bonds is 1. The van der Waals surface area contributed by atoms with E-state index in [9.17, 15) is 18.0 Å². The summed E-state index contributed by atoms with van der Waals surface area (Å²) in [4.78, 5) is 12.1. The monoisotopic (exact) mass is 283 g/mol. The van der Waals surface area contributed by atoms with Crippen molar-refractivity contribution in [1.29, 1.82) is 0 Å². The normalized spacial score (nSPS) is 12.4. The third-order valence-corrected chi connectivity index (χ3v) is 4.17. The van der Waals surface area contributed by atoms with Gasteiger partial charge in [-0.1, -0.05) is 18.2 Å². The van der Waals surface area contributed by atoms with Crippen molar-refractivity contribution in [1.82, 2.24) is 4.57 Å². The number of carbonyl (C=O) groups is 1. The first-order chi connectivity index (χ1) is 8.91. The molecule has 0 atom stereocenters. The summed E-state index contributed by atoms with van der Waals surface area (Å²) >= 11 is 1.15. The summed E-state index contributed by atoms with van der Waals surface area (Å²) < 4.78 is 39.6. The van der Waals surface area contributed by atoms with Crippen LogP contribution in [-0.2, 0) is 7.05 Å². The second-order valence-electron chi connectivity index (χ2n) is 4.23. The average Bonchev–Trinajstić information content (AvgIpc) is 2.89. The summed E-state index contributed by atoms with van der Waals surface area (Å²) in [6.45, 7) is 0. The van der Waals surface area contributed by atoms with Crippen LogP contribution in [0, 0.1) is 0 Å². The summed E-state index contributed by atoms with van der Waals surface area (Å²) in [7, 11) is 1.78. The SMILES string of the molecule is Cn1c2ccccc2c2c(C(=O)C(F)(F)F)csc21. The Bertz CT molecular complexity index is 797. The fourth-order valence-corrected chi connectivity index (χ4v) is 3.31. The van der Waals surface area contributed by atoms with Crippen molar-refractivity contribution in [2.24, 2.45) is 7.05 Å². The molecule has 0 aliphatic carbocycles. The van der Waals surface area contributed by atoms with Gasteiger partial charge in [-0.2, -0.15) is 13.2 Å². The number of Topliss-reactive ketones (excluding diaryl/α,β-unsaturated/α-hetero) is 1. The van der Waals surface area contributed by atoms with Crippen LogP contribution in [0.25, 0.3) is 21.1 Å². The Kier molecular flexibility index (Phi) is 2.47. The van der Waals surface area contributed by atoms with Gasteiger partial charge in [0.25, 0.3) is 5.78 Å². The Morgan fingerprint density at radius 1 is 1.26 bits per heavy atom. The van der Waals surface area contributed by atoms with Gasteiger partial charge in [0.15, 0.2) is 0 Å². The van der Waals surface area contributed by atoms with E-state index in [4.69, 9.17) is 0 Å². The van der Waals surface area contributed by atoms with Crippen molar-refractivity contribution in [3.8, 4) is 0 Å². The number of para-hydroxylation sites is 1. The van der Waals surface area contributed by atoms with Gasteiger partial charge in [0.1, 0.15) is 4.83 Å². The lowest BCUT2D eigenvalue weighted by Gasteiger charge is -2.03. The van der Waals surface area contributed by atoms with E-state index < -0.39 is 12.0 Å². The molecule has 0 unspecified atom stereocenters. The molecule has 0 fully saturated rings. The molecule has 0 N–H and O–H groups in total. The Labute approximate surface area is 110 Å². The highest BCUT2D eigenvalue weighted by molar-refractivity contribution is 7.17. The van der Waals surface area contributed by atoms with E-state index in [-0.39, 0.29) is 5.56 Å². The van der Waals surface area contributed by atoms with E-state index in [1.54, 1.807) is 19.2 Å². The average molecular weight is 283 g/mol. The number of hydrogen-bond acceptors (Lipinski definition) is 2. The van der Waals surface area contributed by atoms with Gasteiger partial charge in [-0.05, 0) is 6.07 Å². The molecule has 0 aliphatic rings. The fraction of sp³-hybridized carbons (Fsp3) is 0.154. The van der Waals surface area contributed by atoms with Gasteiger partial charge in [-0.25, -0.2) is 0 Å². The van der Waals surface area contributed by atoms with Gasteiger partial charge >= 0.3 is 6.18 Å². The van der Waals surface area contributed by atoms with Gasteiger partial charge in [0.2, 0.25) is 0 Å². The van der Waals surface area contributed by atoms with Crippen LogP contribution in [0.3, 0.4) is 0 Å². The van der Waals surface area contributed by atoms with Crippen LogP contribution in [-0.4, -0.2) is 16.5 Å². The fourth-order valence-electron chi connectivity index (χ4n) is 2.26. The first kappa shape index (κ1) is 12.2. The van der Waals surface area contributed by atoms with Crippen LogP contribution in [0.1, 0.15) is 10.4 Å². The summed E-state index contributed by atoms with van der Waals surface area (Å²) in [5.74, 6) is -1.78. The Morgan fingerprint density at radius 2 is 1.95 bits per heavy atom. The minimum absolute atomic E-state index is 0.260. The predicted molar refractivity (Wildman–Crippen MR) is 68.7 cm³/mol. The number of alkyl halides is 3. The van der Waals surface area contributed by atoms with E-state index in [1.807, 2.05) is 16.7 Å². The molecule has 3 rings (SSSR count). The van der Waals surface area contributed by atoms with Crippen LogP contribution in [0.15, 0.2) is 29.6 Å². The molecular formula is C13H8F3NOS. The first-order valence-electron chi connectivity index (χ1n) is 5.47. The summed E-state index contributed by atoms with van der Waals surface area (Å²) in [6, 6.07) is 7.12. The molecule has 98 valence electrons. The number of fused-ring (bicyclic) bond motifs is 3. The van der Waals surface area contributed by atoms with Gasteiger partial charge in [-0.15, -0.1) is 11.3 Å². The number of thiophene rings is 1. The van der Waals surface area contributed by atoms with Crippen molar-refractivity contribution >= 4 is 38.2 Å². The van der Waals surface area contributed by atoms with Crippen LogP contribution in [0.5, 0.6) is 0 Å². The lowest BCUT2D eigenvalue weighted by molar-refractivity contribution is -0.0883. The highest BCUT2D eigenvalue weighted by atomic mass is 32.1. The van der Waals surface area contributed by atoms with Crippen molar-refractivity contribution in [3.63, 3.8) is 0 Å². The molecule has 19 heavy (non-hydrogen) atoms. The number of ketones is 1. The number of halogens is 3. The van der Waals surface area contributed by atoms with Crippen LogP contribution < -0.4 is 0 Å². The molecule has 0 saturated heterocycles. The molecule has 0 spiro atoms. The van der Waals surface area contributed by atoms with Gasteiger partial charge in [0, 0.05) is 34.3 Å². The largest absolute Gasteiger partial charge is 0.454 e. The summed E-state index contributed by atoms with van der Waals surface area (Å²) in [5.41, 5.74) is 0.560. The summed E-state index contributed by atoms with van der Waals surface area (Å²) in [6.07, 6.45) is -4.84. The van der Waals surface area contributed by atoms with Crippen molar-refractivity contribution in [3.05, 3.63) is 35.2 Å². The zero-order chi connectivity index (χ0) is 13.8. The molecular weight excluding hydrogens is 275 g/mol. The van der Waals surface area contributed by atoms with Crippen molar-refractivity contribution in [2.45, 2.75) is 6.18 Å². The van der Waals surface area contributed by atoms with Crippen molar-refractivity contribution in [2.75, 3.05) is 0 Å². The first-order valence-corrected chi connectivity index (χ1v) is 6.35. The zero-order valence-electron chi connectivity index (χ0n) is 9.78. The van der Waals surface area contributed by atoms with E-state index in [2.05, 4.69) is 0 Å². The van der Waals surface area contributed by atoms with E-state index in [0.717, 1.165) is 16.9 Å². The van der Waals surface area contributed by atoms with E-state index >= 15 is 0 Å². The second kappa shape index (κ2) is 3.84. The van der Waals surface area contributed by atoms with Gasteiger partial charge < -0.3 is 4.57 Å². The van der Waals surface area contributed by atoms with Crippen LogP contribution >= 0.6 is 11.3 Å². The number of hydrogen-bond donors (Lipinski definition) is 0. The number of carbonyl (C=O) groups excluding carboxylic acids is 1. The highest BCUT2D eigenvalue weighted by Crippen LogP contribution is 2.37. The standard InChI is InChI=1S/C13H8F3NOS/c1-17-9-5-3-2-4-7(9)10-8(6-19-12(10)17)11(18)13(14,15)16/h2-6H,1H3. The third kappa shape index (κ3) is 1.67. The van der Waals surface area contributed by atoms with Crippen molar-refractivity contribution < 1.29 is 18.0 Å². The second-order valence-corrected chi connectivity index (χ2v) is 5.09. The Hall–Kier alpha value is -1.82. The Morgan fingerprint density at radius 3 is 2.63 bits per heavy atom. The molecule has 0 radical (unpaired) electrons. The zero-order valence-corrected chi connectivity index (χ0v) is 10.6. The minimum atomic E-state index is -4.84. The molecule has 0 saturated carbocycles. The summed E-state index contributed by atoms with van der Waals surface area (Å²) in [5, 5.41) is 2.35. The predicted octanol–water partition coefficient (Wildman–Crippen LogP) is 4.14. The topological polar surface area (TPSA) is 22.0 Å². The highest BCUT2D eigenvalue weighted by Gasteiger charge is 2.41. The third-order valence-electron chi connectivity index (χ3n) is 3.11. The van der Waals surface area contributed by atoms with Gasteiger partial charge in [-0.3, -0.25) is 4.79 Å². The maximum absolute atomic E-state index is 12.6. The van der Waals surface area contributed by atoms with Gasteiger partial charge in [0.05, 0.1) is 0 Å².